The van der Waals surface area contributed by atoms with Gasteiger partial charge >= 0.3 is 0 Å². The molecule has 0 aromatic carbocycles. The van der Waals surface area contributed by atoms with E-state index in [0.717, 1.165) is 11.3 Å². The molecule has 84 valence electrons. The monoisotopic (exact) mass is 210 g/mol. The molecule has 1 amide bonds. The maximum absolute atomic E-state index is 11.7. The summed E-state index contributed by atoms with van der Waals surface area (Å²) in [6.45, 7) is 4.34. The average Bonchev–Trinajstić information content (AvgIpc) is 2.62. The van der Waals surface area contributed by atoms with Gasteiger partial charge in [0.05, 0.1) is 12.3 Å². The van der Waals surface area contributed by atoms with E-state index in [0.29, 0.717) is 6.54 Å². The second-order valence-electron chi connectivity index (χ2n) is 3.71. The molecule has 1 atom stereocenters. The van der Waals surface area contributed by atoms with E-state index in [1.807, 2.05) is 19.9 Å². The molecule has 0 bridgehead atoms. The third kappa shape index (κ3) is 2.83. The van der Waals surface area contributed by atoms with Crippen molar-refractivity contribution in [3.63, 3.8) is 0 Å². The van der Waals surface area contributed by atoms with Crippen molar-refractivity contribution in [1.29, 1.82) is 0 Å². The van der Waals surface area contributed by atoms with Gasteiger partial charge in [0, 0.05) is 19.2 Å². The van der Waals surface area contributed by atoms with E-state index in [2.05, 4.69) is 5.32 Å². The summed E-state index contributed by atoms with van der Waals surface area (Å²) >= 11 is 0. The Morgan fingerprint density at radius 1 is 1.67 bits per heavy atom. The minimum Gasteiger partial charge on any atom is -0.469 e. The fraction of sp³-hybridized carbons (Fsp3) is 0.545. The number of hydrogen-bond acceptors (Lipinski definition) is 3. The van der Waals surface area contributed by atoms with Gasteiger partial charge < -0.3 is 14.6 Å². The van der Waals surface area contributed by atoms with Gasteiger partial charge in [0.2, 0.25) is 5.91 Å². The summed E-state index contributed by atoms with van der Waals surface area (Å²) in [7, 11) is 3.57. The van der Waals surface area contributed by atoms with Crippen LogP contribution in [0.25, 0.3) is 0 Å². The van der Waals surface area contributed by atoms with Gasteiger partial charge in [-0.15, -0.1) is 0 Å². The van der Waals surface area contributed by atoms with Crippen molar-refractivity contribution in [3.05, 3.63) is 23.7 Å². The second kappa shape index (κ2) is 4.98. The Hall–Kier alpha value is -1.29. The molecule has 0 saturated heterocycles. The summed E-state index contributed by atoms with van der Waals surface area (Å²) in [6, 6.07) is 1.74. The predicted octanol–water partition coefficient (Wildman–Crippen LogP) is 1.15. The fourth-order valence-electron chi connectivity index (χ4n) is 1.36. The minimum absolute atomic E-state index is 0.0816. The third-order valence-electron chi connectivity index (χ3n) is 2.55. The molecule has 1 N–H and O–H groups in total. The molecule has 1 aromatic rings. The van der Waals surface area contributed by atoms with E-state index >= 15 is 0 Å². The van der Waals surface area contributed by atoms with Crippen molar-refractivity contribution in [1.82, 2.24) is 10.2 Å². The van der Waals surface area contributed by atoms with E-state index in [1.165, 1.54) is 0 Å². The zero-order valence-electron chi connectivity index (χ0n) is 9.70. The van der Waals surface area contributed by atoms with Crippen LogP contribution in [-0.2, 0) is 11.3 Å². The lowest BCUT2D eigenvalue weighted by molar-refractivity contribution is -0.132. The molecule has 0 spiro atoms. The minimum atomic E-state index is -0.151. The number of carbonyl (C=O) groups excluding carboxylic acids is 1. The topological polar surface area (TPSA) is 45.5 Å². The van der Waals surface area contributed by atoms with Crippen molar-refractivity contribution in [3.8, 4) is 0 Å². The molecule has 0 aliphatic carbocycles. The van der Waals surface area contributed by atoms with Crippen LogP contribution in [0.2, 0.25) is 0 Å². The summed E-state index contributed by atoms with van der Waals surface area (Å²) in [5, 5.41) is 2.93. The Morgan fingerprint density at radius 3 is 2.80 bits per heavy atom. The molecule has 0 saturated carbocycles. The first kappa shape index (κ1) is 11.8. The van der Waals surface area contributed by atoms with Crippen LogP contribution in [0, 0.1) is 6.92 Å². The highest BCUT2D eigenvalue weighted by molar-refractivity contribution is 5.81. The maximum atomic E-state index is 11.7. The van der Waals surface area contributed by atoms with Gasteiger partial charge in [-0.05, 0) is 27.0 Å². The first-order chi connectivity index (χ1) is 7.06. The van der Waals surface area contributed by atoms with Crippen LogP contribution in [0.15, 0.2) is 16.7 Å². The molecule has 4 heteroatoms. The number of amides is 1. The predicted molar refractivity (Wildman–Crippen MR) is 58.4 cm³/mol. The number of hydrogen-bond donors (Lipinski definition) is 1. The largest absolute Gasteiger partial charge is 0.469 e. The molecule has 0 aliphatic rings. The van der Waals surface area contributed by atoms with Crippen LogP contribution in [0.1, 0.15) is 18.2 Å². The van der Waals surface area contributed by atoms with Crippen molar-refractivity contribution < 1.29 is 9.21 Å². The van der Waals surface area contributed by atoms with Crippen LogP contribution in [0.5, 0.6) is 0 Å². The normalized spacial score (nSPS) is 12.5. The Kier molecular flexibility index (Phi) is 3.91. The summed E-state index contributed by atoms with van der Waals surface area (Å²) in [5.74, 6) is 0.949. The van der Waals surface area contributed by atoms with E-state index in [-0.39, 0.29) is 11.9 Å². The molecule has 0 aliphatic heterocycles. The van der Waals surface area contributed by atoms with Crippen LogP contribution >= 0.6 is 0 Å². The molecule has 0 fully saturated rings. The van der Waals surface area contributed by atoms with Crippen molar-refractivity contribution in [2.24, 2.45) is 0 Å². The number of furan rings is 1. The second-order valence-corrected chi connectivity index (χ2v) is 3.71. The van der Waals surface area contributed by atoms with Gasteiger partial charge in [-0.1, -0.05) is 0 Å². The highest BCUT2D eigenvalue weighted by Gasteiger charge is 2.16. The van der Waals surface area contributed by atoms with Gasteiger partial charge in [-0.2, -0.15) is 0 Å². The average molecular weight is 210 g/mol. The zero-order valence-corrected chi connectivity index (χ0v) is 9.70. The molecule has 1 heterocycles. The number of nitrogens with one attached hydrogen (secondary N) is 1. The number of carbonyl (C=O) groups is 1. The van der Waals surface area contributed by atoms with Crippen LogP contribution in [0.4, 0.5) is 0 Å². The number of rotatable bonds is 4. The Labute approximate surface area is 90.3 Å². The summed E-state index contributed by atoms with van der Waals surface area (Å²) in [4.78, 5) is 13.4. The highest BCUT2D eigenvalue weighted by Crippen LogP contribution is 2.11. The van der Waals surface area contributed by atoms with Gasteiger partial charge in [-0.3, -0.25) is 4.79 Å². The SMILES string of the molecule is CNC(C)C(=O)N(C)Cc1ccoc1C. The van der Waals surface area contributed by atoms with Crippen molar-refractivity contribution >= 4 is 5.91 Å². The lowest BCUT2D eigenvalue weighted by Gasteiger charge is -2.20. The Morgan fingerprint density at radius 2 is 2.33 bits per heavy atom. The maximum Gasteiger partial charge on any atom is 0.239 e. The number of nitrogens with zero attached hydrogens (tertiary/aromatic N) is 1. The van der Waals surface area contributed by atoms with Gasteiger partial charge in [-0.25, -0.2) is 0 Å². The lowest BCUT2D eigenvalue weighted by atomic mass is 10.2. The molecule has 4 nitrogen and oxygen atoms in total. The van der Waals surface area contributed by atoms with Crippen molar-refractivity contribution in [2.45, 2.75) is 26.4 Å². The summed E-state index contributed by atoms with van der Waals surface area (Å²) in [6.07, 6.45) is 1.64. The van der Waals surface area contributed by atoms with Gasteiger partial charge in [0.1, 0.15) is 5.76 Å². The van der Waals surface area contributed by atoms with E-state index in [4.69, 9.17) is 4.42 Å². The Balaban J connectivity index is 2.60. The molecule has 1 unspecified atom stereocenters. The molecule has 15 heavy (non-hydrogen) atoms. The molecular weight excluding hydrogens is 192 g/mol. The number of aryl methyl sites for hydroxylation is 1. The van der Waals surface area contributed by atoms with E-state index < -0.39 is 0 Å². The zero-order chi connectivity index (χ0) is 11.4. The summed E-state index contributed by atoms with van der Waals surface area (Å²) in [5.41, 5.74) is 1.05. The van der Waals surface area contributed by atoms with Crippen LogP contribution in [-0.4, -0.2) is 30.9 Å². The smallest absolute Gasteiger partial charge is 0.239 e. The molecular formula is C11H18N2O2. The van der Waals surface area contributed by atoms with E-state index in [9.17, 15) is 4.79 Å². The van der Waals surface area contributed by atoms with Gasteiger partial charge in [0.25, 0.3) is 0 Å². The summed E-state index contributed by atoms with van der Waals surface area (Å²) < 4.78 is 5.18. The quantitative estimate of drug-likeness (QED) is 0.811. The Bertz CT molecular complexity index is 333. The van der Waals surface area contributed by atoms with Crippen molar-refractivity contribution in [2.75, 3.05) is 14.1 Å². The van der Waals surface area contributed by atoms with Gasteiger partial charge in [0.15, 0.2) is 0 Å². The van der Waals surface area contributed by atoms with E-state index in [1.54, 1.807) is 25.3 Å². The number of likely N-dealkylation sites (N-methyl/N-ethyl adjacent to an activating group) is 2. The molecule has 1 rings (SSSR count). The highest BCUT2D eigenvalue weighted by atomic mass is 16.3. The first-order valence-corrected chi connectivity index (χ1v) is 5.01. The fourth-order valence-corrected chi connectivity index (χ4v) is 1.36. The lowest BCUT2D eigenvalue weighted by Crippen LogP contribution is -2.41. The molecule has 0 radical (unpaired) electrons. The van der Waals surface area contributed by atoms with Crippen LogP contribution in [0.3, 0.4) is 0 Å². The first-order valence-electron chi connectivity index (χ1n) is 5.01. The van der Waals surface area contributed by atoms with Crippen LogP contribution < -0.4 is 5.32 Å². The standard InChI is InChI=1S/C11H18N2O2/c1-8(12-3)11(14)13(4)7-10-5-6-15-9(10)2/h5-6,8,12H,7H2,1-4H3. The molecule has 1 aromatic heterocycles. The third-order valence-corrected chi connectivity index (χ3v) is 2.55.